The van der Waals surface area contributed by atoms with Crippen LogP contribution in [0.1, 0.15) is 38.3 Å². The van der Waals surface area contributed by atoms with Crippen LogP contribution in [-0.4, -0.2) is 86.0 Å². The maximum absolute atomic E-state index is 13.1. The molecule has 1 rings (SSSR count). The maximum Gasteiger partial charge on any atom is 0.326 e. The van der Waals surface area contributed by atoms with Crippen LogP contribution in [0.25, 0.3) is 0 Å². The lowest BCUT2D eigenvalue weighted by Crippen LogP contribution is -2.58. The molecule has 0 aliphatic heterocycles. The van der Waals surface area contributed by atoms with Gasteiger partial charge in [0.05, 0.1) is 12.4 Å². The van der Waals surface area contributed by atoms with Gasteiger partial charge in [0.1, 0.15) is 24.2 Å². The number of nitrogens with zero attached hydrogens (tertiary/aromatic N) is 1. The molecule has 0 aliphatic rings. The Morgan fingerprint density at radius 2 is 1.42 bits per heavy atom. The van der Waals surface area contributed by atoms with E-state index in [1.54, 1.807) is 0 Å². The first-order chi connectivity index (χ1) is 16.8. The Morgan fingerprint density at radius 1 is 0.917 bits per heavy atom. The van der Waals surface area contributed by atoms with Crippen LogP contribution >= 0.6 is 0 Å². The number of rotatable bonds is 16. The van der Waals surface area contributed by atoms with Gasteiger partial charge in [0.15, 0.2) is 0 Å². The Hall–Kier alpha value is -4.05. The second-order valence-corrected chi connectivity index (χ2v) is 8.08. The van der Waals surface area contributed by atoms with Gasteiger partial charge in [-0.3, -0.25) is 24.0 Å². The third-order valence-corrected chi connectivity index (χ3v) is 5.04. The van der Waals surface area contributed by atoms with Crippen LogP contribution in [0.5, 0.6) is 0 Å². The van der Waals surface area contributed by atoms with Gasteiger partial charge in [-0.2, -0.15) is 0 Å². The van der Waals surface area contributed by atoms with Crippen molar-refractivity contribution in [3.63, 3.8) is 0 Å². The topological polar surface area (TPSA) is 286 Å². The van der Waals surface area contributed by atoms with E-state index in [4.69, 9.17) is 17.2 Å². The third kappa shape index (κ3) is 10.5. The zero-order valence-electron chi connectivity index (χ0n) is 19.6. The number of aliphatic carboxylic acids is 1. The number of hydrogen-bond acceptors (Lipinski definition) is 9. The van der Waals surface area contributed by atoms with Gasteiger partial charge in [0.2, 0.25) is 29.5 Å². The van der Waals surface area contributed by atoms with Crippen molar-refractivity contribution in [2.45, 2.75) is 69.3 Å². The second-order valence-electron chi connectivity index (χ2n) is 8.08. The molecular weight excluding hydrogens is 480 g/mol. The van der Waals surface area contributed by atoms with E-state index < -0.39 is 65.8 Å². The highest BCUT2D eigenvalue weighted by atomic mass is 16.4. The van der Waals surface area contributed by atoms with Gasteiger partial charge in [-0.1, -0.05) is 0 Å². The van der Waals surface area contributed by atoms with E-state index >= 15 is 0 Å². The van der Waals surface area contributed by atoms with Crippen LogP contribution in [0.4, 0.5) is 0 Å². The molecule has 5 amide bonds. The number of nitrogens with one attached hydrogen (secondary N) is 4. The van der Waals surface area contributed by atoms with Crippen LogP contribution in [0.3, 0.4) is 0 Å². The van der Waals surface area contributed by atoms with Gasteiger partial charge in [-0.05, 0) is 19.8 Å². The molecule has 1 aromatic heterocycles. The molecule has 1 heterocycles. The molecule has 0 aromatic carbocycles. The van der Waals surface area contributed by atoms with Crippen molar-refractivity contribution < 1.29 is 39.0 Å². The molecule has 0 bridgehead atoms. The maximum atomic E-state index is 13.1. The van der Waals surface area contributed by atoms with Crippen LogP contribution in [-0.2, 0) is 35.2 Å². The zero-order chi connectivity index (χ0) is 27.4. The summed E-state index contributed by atoms with van der Waals surface area (Å²) in [4.78, 5) is 78.5. The fourth-order valence-electron chi connectivity index (χ4n) is 2.96. The third-order valence-electron chi connectivity index (χ3n) is 5.04. The van der Waals surface area contributed by atoms with Crippen LogP contribution in [0, 0.1) is 0 Å². The highest BCUT2D eigenvalue weighted by Crippen LogP contribution is 2.06. The molecule has 5 atom stereocenters. The first-order valence-corrected chi connectivity index (χ1v) is 10.9. The molecule has 200 valence electrons. The molecule has 0 aliphatic carbocycles. The number of hydrogen-bond donors (Lipinski definition) is 9. The zero-order valence-corrected chi connectivity index (χ0v) is 19.6. The number of aromatic nitrogens is 2. The van der Waals surface area contributed by atoms with E-state index in [-0.39, 0.29) is 32.1 Å². The Kier molecular flexibility index (Phi) is 12.0. The molecule has 16 nitrogen and oxygen atoms in total. The summed E-state index contributed by atoms with van der Waals surface area (Å²) >= 11 is 0. The van der Waals surface area contributed by atoms with Crippen LogP contribution < -0.4 is 33.2 Å². The van der Waals surface area contributed by atoms with Gasteiger partial charge in [0, 0.05) is 31.2 Å². The fourth-order valence-corrected chi connectivity index (χ4v) is 2.96. The van der Waals surface area contributed by atoms with E-state index in [9.17, 15) is 39.0 Å². The number of carbonyl (C=O) groups is 6. The number of carboxylic acid groups (broad SMARTS) is 1. The Morgan fingerprint density at radius 3 is 1.89 bits per heavy atom. The molecule has 12 N–H and O–H groups in total. The summed E-state index contributed by atoms with van der Waals surface area (Å²) in [5.74, 6) is -5.68. The van der Waals surface area contributed by atoms with Crippen molar-refractivity contribution in [2.75, 3.05) is 0 Å². The van der Waals surface area contributed by atoms with Gasteiger partial charge in [-0.15, -0.1) is 0 Å². The molecule has 5 unspecified atom stereocenters. The number of carboxylic acids is 1. The van der Waals surface area contributed by atoms with E-state index in [0.29, 0.717) is 5.69 Å². The van der Waals surface area contributed by atoms with Crippen molar-refractivity contribution in [3.05, 3.63) is 18.2 Å². The molecule has 0 fully saturated rings. The molecule has 0 saturated heterocycles. The molecule has 0 saturated carbocycles. The Balaban J connectivity index is 3.08. The number of amides is 5. The Labute approximate surface area is 205 Å². The number of primary amides is 2. The number of aromatic amines is 1. The summed E-state index contributed by atoms with van der Waals surface area (Å²) in [5.41, 5.74) is 16.2. The highest BCUT2D eigenvalue weighted by Gasteiger charge is 2.31. The predicted octanol–water partition coefficient (Wildman–Crippen LogP) is -4.27. The van der Waals surface area contributed by atoms with Gasteiger partial charge in [-0.25, -0.2) is 9.78 Å². The average molecular weight is 513 g/mol. The molecule has 36 heavy (non-hydrogen) atoms. The minimum Gasteiger partial charge on any atom is -0.480 e. The minimum absolute atomic E-state index is 0.107. The smallest absolute Gasteiger partial charge is 0.326 e. The average Bonchev–Trinajstić information content (AvgIpc) is 3.30. The number of aliphatic hydroxyl groups is 1. The van der Waals surface area contributed by atoms with Gasteiger partial charge >= 0.3 is 5.97 Å². The summed E-state index contributed by atoms with van der Waals surface area (Å²) in [5, 5.41) is 25.8. The van der Waals surface area contributed by atoms with Crippen molar-refractivity contribution in [1.82, 2.24) is 25.9 Å². The fraction of sp³-hybridized carbons (Fsp3) is 0.550. The molecule has 16 heteroatoms. The number of carbonyl (C=O) groups excluding carboxylic acids is 5. The molecule has 0 radical (unpaired) electrons. The van der Waals surface area contributed by atoms with Crippen molar-refractivity contribution in [1.29, 1.82) is 0 Å². The van der Waals surface area contributed by atoms with E-state index in [2.05, 4.69) is 25.9 Å². The largest absolute Gasteiger partial charge is 0.480 e. The first-order valence-electron chi connectivity index (χ1n) is 10.9. The lowest BCUT2D eigenvalue weighted by atomic mass is 10.1. The minimum atomic E-state index is -1.50. The van der Waals surface area contributed by atoms with E-state index in [1.807, 2.05) is 0 Å². The molecule has 0 spiro atoms. The Bertz CT molecular complexity index is 936. The second kappa shape index (κ2) is 14.4. The van der Waals surface area contributed by atoms with Crippen molar-refractivity contribution >= 4 is 35.5 Å². The van der Waals surface area contributed by atoms with Gasteiger partial charge < -0.3 is 48.3 Å². The summed E-state index contributed by atoms with van der Waals surface area (Å²) in [6.45, 7) is 1.29. The lowest BCUT2D eigenvalue weighted by molar-refractivity contribution is -0.142. The quantitative estimate of drug-likeness (QED) is 0.103. The number of imidazole rings is 1. The summed E-state index contributed by atoms with van der Waals surface area (Å²) < 4.78 is 0. The number of H-pyrrole nitrogens is 1. The first kappa shape index (κ1) is 30.0. The highest BCUT2D eigenvalue weighted by molar-refractivity contribution is 5.94. The van der Waals surface area contributed by atoms with Crippen molar-refractivity contribution in [2.24, 2.45) is 17.2 Å². The van der Waals surface area contributed by atoms with Gasteiger partial charge in [0.25, 0.3) is 0 Å². The lowest BCUT2D eigenvalue weighted by Gasteiger charge is -2.25. The van der Waals surface area contributed by atoms with E-state index in [0.717, 1.165) is 0 Å². The molecular formula is C20H32N8O8. The predicted molar refractivity (Wildman–Crippen MR) is 122 cm³/mol. The normalized spacial score (nSPS) is 15.0. The number of nitrogens with two attached hydrogens (primary N) is 3. The molecule has 1 aromatic rings. The summed E-state index contributed by atoms with van der Waals surface area (Å²) in [6, 6.07) is -5.57. The summed E-state index contributed by atoms with van der Waals surface area (Å²) in [7, 11) is 0. The van der Waals surface area contributed by atoms with Crippen LogP contribution in [0.2, 0.25) is 0 Å². The van der Waals surface area contributed by atoms with E-state index in [1.165, 1.54) is 19.4 Å². The monoisotopic (exact) mass is 512 g/mol. The number of aliphatic hydroxyl groups excluding tert-OH is 1. The SMILES string of the molecule is CC(O)C(N)C(=O)NC(Cc1cnc[nH]1)C(=O)NC(CCC(N)=O)C(=O)NC(CCC(N)=O)C(=O)O. The van der Waals surface area contributed by atoms with Crippen molar-refractivity contribution in [3.8, 4) is 0 Å². The standard InChI is InChI=1S/C20H32N8O8/c1-9(29)16(23)19(34)28-13(6-10-7-24-8-25-10)18(33)26-11(2-4-14(21)30)17(32)27-12(20(35)36)3-5-15(22)31/h7-9,11-13,16,29H,2-6,23H2,1H3,(H2,21,30)(H2,22,31)(H,24,25)(H,26,33)(H,27,32)(H,28,34)(H,35,36). The van der Waals surface area contributed by atoms with Crippen LogP contribution in [0.15, 0.2) is 12.5 Å². The summed E-state index contributed by atoms with van der Waals surface area (Å²) in [6.07, 6.45) is 0.173.